The number of nitrogens with one attached hydrogen (secondary N) is 1. The number of barbiturate groups is 1. The Labute approximate surface area is 219 Å². The van der Waals surface area contributed by atoms with E-state index in [0.29, 0.717) is 17.1 Å². The van der Waals surface area contributed by atoms with Crippen molar-refractivity contribution in [3.05, 3.63) is 71.1 Å². The molecular weight excluding hydrogens is 488 g/mol. The minimum absolute atomic E-state index is 0.0636. The van der Waals surface area contributed by atoms with E-state index in [-0.39, 0.29) is 18.1 Å². The molecule has 194 valence electrons. The number of ether oxygens (including phenoxy) is 3. The summed E-state index contributed by atoms with van der Waals surface area (Å²) in [7, 11) is 0. The smallest absolute Gasteiger partial charge is 0.335 e. The molecule has 1 N–H and O–H groups in total. The molecule has 0 unspecified atom stereocenters. The number of aromatic nitrogens is 1. The molecule has 38 heavy (non-hydrogen) atoms. The van der Waals surface area contributed by atoms with Crippen molar-refractivity contribution >= 4 is 35.3 Å². The molecule has 2 fully saturated rings. The van der Waals surface area contributed by atoms with Crippen molar-refractivity contribution in [3.8, 4) is 17.2 Å². The average molecular weight is 515 g/mol. The topological polar surface area (TPSA) is 102 Å². The van der Waals surface area contributed by atoms with Crippen LogP contribution in [0.25, 0.3) is 11.8 Å². The van der Waals surface area contributed by atoms with Gasteiger partial charge in [0.15, 0.2) is 11.5 Å². The van der Waals surface area contributed by atoms with Gasteiger partial charge in [-0.2, -0.15) is 0 Å². The molecule has 0 radical (unpaired) electrons. The number of aryl methyl sites for hydroxylation is 1. The number of morpholine rings is 1. The average Bonchev–Trinajstić information content (AvgIpc) is 3.50. The molecule has 4 amide bonds. The fourth-order valence-electron chi connectivity index (χ4n) is 5.04. The van der Waals surface area contributed by atoms with E-state index in [4.69, 9.17) is 14.2 Å². The minimum Gasteiger partial charge on any atom is -0.454 e. The standard InChI is InChI=1S/C28H26N4O6/c1-17-13-19(18(2)31(17)21-5-3-20(4-6-21)30-9-11-36-12-10-30)14-23-26(33)29-28(35)32(27(23)34)22-7-8-24-25(15-22)38-16-37-24/h3-8,13-15H,9-12,16H2,1-2H3,(H,29,33,35)/b23-14+. The molecule has 2 aromatic carbocycles. The molecule has 4 heterocycles. The zero-order valence-corrected chi connectivity index (χ0v) is 21.0. The van der Waals surface area contributed by atoms with Crippen LogP contribution in [-0.4, -0.2) is 55.5 Å². The van der Waals surface area contributed by atoms with Crippen molar-refractivity contribution in [1.29, 1.82) is 0 Å². The minimum atomic E-state index is -0.818. The van der Waals surface area contributed by atoms with Gasteiger partial charge in [-0.25, -0.2) is 9.69 Å². The van der Waals surface area contributed by atoms with Gasteiger partial charge in [-0.15, -0.1) is 0 Å². The van der Waals surface area contributed by atoms with Crippen LogP contribution in [0.2, 0.25) is 0 Å². The molecule has 3 aliphatic rings. The van der Waals surface area contributed by atoms with Crippen LogP contribution < -0.4 is 24.6 Å². The molecule has 0 atom stereocenters. The molecule has 10 heteroatoms. The predicted molar refractivity (Wildman–Crippen MR) is 140 cm³/mol. The maximum absolute atomic E-state index is 13.4. The van der Waals surface area contributed by atoms with Crippen molar-refractivity contribution in [2.45, 2.75) is 13.8 Å². The zero-order valence-electron chi connectivity index (χ0n) is 21.0. The van der Waals surface area contributed by atoms with E-state index >= 15 is 0 Å². The number of carbonyl (C=O) groups excluding carboxylic acids is 3. The van der Waals surface area contributed by atoms with Crippen LogP contribution in [0.5, 0.6) is 11.5 Å². The van der Waals surface area contributed by atoms with Gasteiger partial charge in [-0.1, -0.05) is 0 Å². The predicted octanol–water partition coefficient (Wildman–Crippen LogP) is 3.33. The lowest BCUT2D eigenvalue weighted by Crippen LogP contribution is -2.54. The summed E-state index contributed by atoms with van der Waals surface area (Å²) in [4.78, 5) is 42.0. The highest BCUT2D eigenvalue weighted by atomic mass is 16.7. The molecule has 3 aromatic rings. The van der Waals surface area contributed by atoms with Crippen LogP contribution in [0.3, 0.4) is 0 Å². The molecule has 3 aliphatic heterocycles. The normalized spacial score (nSPS) is 18.4. The Morgan fingerprint density at radius 3 is 2.29 bits per heavy atom. The van der Waals surface area contributed by atoms with Crippen LogP contribution in [0, 0.1) is 13.8 Å². The molecule has 1 aromatic heterocycles. The van der Waals surface area contributed by atoms with Gasteiger partial charge in [0.1, 0.15) is 5.57 Å². The Bertz CT molecular complexity index is 1480. The first-order valence-corrected chi connectivity index (χ1v) is 12.3. The largest absolute Gasteiger partial charge is 0.454 e. The molecule has 0 aliphatic carbocycles. The number of amides is 4. The lowest BCUT2D eigenvalue weighted by atomic mass is 10.1. The van der Waals surface area contributed by atoms with Crippen molar-refractivity contribution < 1.29 is 28.6 Å². The van der Waals surface area contributed by atoms with Gasteiger partial charge in [-0.3, -0.25) is 14.9 Å². The summed E-state index contributed by atoms with van der Waals surface area (Å²) in [5.74, 6) is -0.501. The summed E-state index contributed by atoms with van der Waals surface area (Å²) in [6, 6.07) is 14.1. The van der Waals surface area contributed by atoms with E-state index < -0.39 is 17.8 Å². The number of urea groups is 1. The van der Waals surface area contributed by atoms with Crippen LogP contribution in [0.1, 0.15) is 17.0 Å². The van der Waals surface area contributed by atoms with Gasteiger partial charge in [0.25, 0.3) is 11.8 Å². The van der Waals surface area contributed by atoms with Crippen LogP contribution in [-0.2, 0) is 14.3 Å². The van der Waals surface area contributed by atoms with Gasteiger partial charge in [0, 0.05) is 41.9 Å². The number of anilines is 2. The Morgan fingerprint density at radius 2 is 1.53 bits per heavy atom. The number of nitrogens with zero attached hydrogens (tertiary/aromatic N) is 3. The van der Waals surface area contributed by atoms with Gasteiger partial charge < -0.3 is 23.7 Å². The molecular formula is C28H26N4O6. The first-order valence-electron chi connectivity index (χ1n) is 12.3. The Kier molecular flexibility index (Phi) is 5.88. The van der Waals surface area contributed by atoms with Gasteiger partial charge in [0.2, 0.25) is 6.79 Å². The second-order valence-corrected chi connectivity index (χ2v) is 9.27. The Morgan fingerprint density at radius 1 is 0.842 bits per heavy atom. The molecule has 2 saturated heterocycles. The zero-order chi connectivity index (χ0) is 26.4. The van der Waals surface area contributed by atoms with Crippen LogP contribution in [0.15, 0.2) is 54.1 Å². The number of fused-ring (bicyclic) bond motifs is 1. The molecule has 0 saturated carbocycles. The molecule has 0 spiro atoms. The van der Waals surface area contributed by atoms with E-state index in [1.807, 2.05) is 19.9 Å². The summed E-state index contributed by atoms with van der Waals surface area (Å²) >= 11 is 0. The highest BCUT2D eigenvalue weighted by molar-refractivity contribution is 6.39. The quantitative estimate of drug-likeness (QED) is 0.421. The van der Waals surface area contributed by atoms with Gasteiger partial charge in [-0.05, 0) is 68.0 Å². The third kappa shape index (κ3) is 4.08. The maximum Gasteiger partial charge on any atom is 0.335 e. The van der Waals surface area contributed by atoms with E-state index in [0.717, 1.165) is 54.0 Å². The van der Waals surface area contributed by atoms with Crippen molar-refractivity contribution in [3.63, 3.8) is 0 Å². The lowest BCUT2D eigenvalue weighted by molar-refractivity contribution is -0.122. The highest BCUT2D eigenvalue weighted by Crippen LogP contribution is 2.36. The van der Waals surface area contributed by atoms with Crippen molar-refractivity contribution in [1.82, 2.24) is 9.88 Å². The van der Waals surface area contributed by atoms with Gasteiger partial charge in [0.05, 0.1) is 18.9 Å². The maximum atomic E-state index is 13.4. The first-order chi connectivity index (χ1) is 18.4. The third-order valence-corrected chi connectivity index (χ3v) is 6.97. The van der Waals surface area contributed by atoms with Crippen molar-refractivity contribution in [2.24, 2.45) is 0 Å². The molecule has 10 nitrogen and oxygen atoms in total. The number of carbonyl (C=O) groups is 3. The van der Waals surface area contributed by atoms with E-state index in [9.17, 15) is 14.4 Å². The summed E-state index contributed by atoms with van der Waals surface area (Å²) in [6.07, 6.45) is 1.53. The Hall–Kier alpha value is -4.57. The number of benzene rings is 2. The number of hydrogen-bond acceptors (Lipinski definition) is 7. The molecule has 6 rings (SSSR count). The molecule has 0 bridgehead atoms. The monoisotopic (exact) mass is 514 g/mol. The number of imide groups is 2. The fourth-order valence-corrected chi connectivity index (χ4v) is 5.04. The van der Waals surface area contributed by atoms with Crippen molar-refractivity contribution in [2.75, 3.05) is 42.9 Å². The fraction of sp³-hybridized carbons (Fsp3) is 0.250. The van der Waals surface area contributed by atoms with Crippen LogP contribution >= 0.6 is 0 Å². The summed E-state index contributed by atoms with van der Waals surface area (Å²) in [5, 5.41) is 2.27. The summed E-state index contributed by atoms with van der Waals surface area (Å²) in [5.41, 5.74) is 4.77. The van der Waals surface area contributed by atoms with E-state index in [1.165, 1.54) is 6.08 Å². The second kappa shape index (κ2) is 9.38. The SMILES string of the molecule is Cc1cc(/C=C2\C(=O)NC(=O)N(c3ccc4c(c3)OCO4)C2=O)c(C)n1-c1ccc(N2CCOCC2)cc1. The number of rotatable bonds is 4. The van der Waals surface area contributed by atoms with Gasteiger partial charge >= 0.3 is 6.03 Å². The lowest BCUT2D eigenvalue weighted by Gasteiger charge is -2.29. The second-order valence-electron chi connectivity index (χ2n) is 9.27. The van der Waals surface area contributed by atoms with E-state index in [1.54, 1.807) is 18.2 Å². The third-order valence-electron chi connectivity index (χ3n) is 6.97. The number of hydrogen-bond donors (Lipinski definition) is 1. The Balaban J connectivity index is 1.31. The van der Waals surface area contributed by atoms with Crippen LogP contribution in [0.4, 0.5) is 16.2 Å². The summed E-state index contributed by atoms with van der Waals surface area (Å²) in [6.45, 7) is 7.13. The van der Waals surface area contributed by atoms with E-state index in [2.05, 4.69) is 39.0 Å². The summed E-state index contributed by atoms with van der Waals surface area (Å²) < 4.78 is 18.2. The first kappa shape index (κ1) is 23.8. The highest BCUT2D eigenvalue weighted by Gasteiger charge is 2.37.